The first kappa shape index (κ1) is 19.4. The Morgan fingerprint density at radius 1 is 0.900 bits per heavy atom. The summed E-state index contributed by atoms with van der Waals surface area (Å²) in [6.45, 7) is 6.29. The number of hydrogen-bond acceptors (Lipinski definition) is 6. The fraction of sp³-hybridized carbons (Fsp3) is 0.348. The molecule has 2 saturated heterocycles. The van der Waals surface area contributed by atoms with Crippen molar-refractivity contribution in [1.82, 2.24) is 0 Å². The monoisotopic (exact) mass is 423 g/mol. The summed E-state index contributed by atoms with van der Waals surface area (Å²) in [5.41, 5.74) is 3.78. The second-order valence-electron chi connectivity index (χ2n) is 7.50. The first-order valence-corrected chi connectivity index (χ1v) is 11.2. The Kier molecular flexibility index (Phi) is 5.57. The van der Waals surface area contributed by atoms with Gasteiger partial charge in [0.25, 0.3) is 5.91 Å². The summed E-state index contributed by atoms with van der Waals surface area (Å²) in [5, 5.41) is 6.11. The topological polar surface area (TPSA) is 54.0 Å². The number of ether oxygens (including phenoxy) is 2. The SMILES string of the molecule is O=C(Nc1ccc(N2CCOCC2)cc1N1CCOCC1)c1csc2ccccc12. The third-order valence-electron chi connectivity index (χ3n) is 5.68. The Balaban J connectivity index is 1.46. The summed E-state index contributed by atoms with van der Waals surface area (Å²) in [6.07, 6.45) is 0. The highest BCUT2D eigenvalue weighted by Crippen LogP contribution is 2.33. The Bertz CT molecular complexity index is 1040. The van der Waals surface area contributed by atoms with E-state index in [1.54, 1.807) is 11.3 Å². The summed E-state index contributed by atoms with van der Waals surface area (Å²) in [5.74, 6) is -0.0684. The molecule has 0 spiro atoms. The van der Waals surface area contributed by atoms with Gasteiger partial charge >= 0.3 is 0 Å². The number of anilines is 3. The van der Waals surface area contributed by atoms with Crippen LogP contribution >= 0.6 is 11.3 Å². The minimum Gasteiger partial charge on any atom is -0.378 e. The van der Waals surface area contributed by atoms with Crippen LogP contribution in [0.3, 0.4) is 0 Å². The Labute approximate surface area is 180 Å². The molecule has 0 unspecified atom stereocenters. The van der Waals surface area contributed by atoms with Gasteiger partial charge in [-0.3, -0.25) is 4.79 Å². The molecule has 30 heavy (non-hydrogen) atoms. The maximum Gasteiger partial charge on any atom is 0.257 e. The minimum absolute atomic E-state index is 0.0684. The lowest BCUT2D eigenvalue weighted by molar-refractivity contribution is 0.102. The first-order chi connectivity index (χ1) is 14.8. The third-order valence-corrected chi connectivity index (χ3v) is 6.65. The van der Waals surface area contributed by atoms with E-state index in [4.69, 9.17) is 9.47 Å². The number of thiophene rings is 1. The highest BCUT2D eigenvalue weighted by molar-refractivity contribution is 7.17. The smallest absolute Gasteiger partial charge is 0.257 e. The van der Waals surface area contributed by atoms with E-state index in [1.165, 1.54) is 5.69 Å². The number of benzene rings is 2. The molecular formula is C23H25N3O3S. The summed E-state index contributed by atoms with van der Waals surface area (Å²) in [4.78, 5) is 17.8. The van der Waals surface area contributed by atoms with Crippen LogP contribution in [0.1, 0.15) is 10.4 Å². The number of nitrogens with zero attached hydrogens (tertiary/aromatic N) is 2. The summed E-state index contributed by atoms with van der Waals surface area (Å²) in [7, 11) is 0. The molecule has 2 fully saturated rings. The molecule has 1 N–H and O–H groups in total. The molecule has 0 bridgehead atoms. The van der Waals surface area contributed by atoms with E-state index in [2.05, 4.69) is 27.2 Å². The van der Waals surface area contributed by atoms with Gasteiger partial charge in [0.05, 0.1) is 43.4 Å². The normalized spacial score (nSPS) is 17.3. The maximum atomic E-state index is 13.1. The second-order valence-corrected chi connectivity index (χ2v) is 8.41. The van der Waals surface area contributed by atoms with Crippen molar-refractivity contribution >= 4 is 44.4 Å². The lowest BCUT2D eigenvalue weighted by Crippen LogP contribution is -2.38. The zero-order valence-electron chi connectivity index (χ0n) is 16.8. The summed E-state index contributed by atoms with van der Waals surface area (Å²) < 4.78 is 12.2. The highest BCUT2D eigenvalue weighted by atomic mass is 32.1. The zero-order valence-corrected chi connectivity index (χ0v) is 17.6. The number of nitrogens with one attached hydrogen (secondary N) is 1. The molecule has 0 saturated carbocycles. The Morgan fingerprint density at radius 3 is 2.37 bits per heavy atom. The molecule has 5 rings (SSSR count). The standard InChI is InChI=1S/C23H25N3O3S/c27-23(19-16-30-22-4-2-1-3-18(19)22)24-20-6-5-17(25-7-11-28-12-8-25)15-21(20)26-9-13-29-14-10-26/h1-6,15-16H,7-14H2,(H,24,27). The van der Waals surface area contributed by atoms with Crippen molar-refractivity contribution in [3.05, 3.63) is 53.4 Å². The van der Waals surface area contributed by atoms with Crippen molar-refractivity contribution < 1.29 is 14.3 Å². The third kappa shape index (κ3) is 3.88. The van der Waals surface area contributed by atoms with Crippen molar-refractivity contribution in [2.45, 2.75) is 0 Å². The lowest BCUT2D eigenvalue weighted by Gasteiger charge is -2.33. The highest BCUT2D eigenvalue weighted by Gasteiger charge is 2.20. The van der Waals surface area contributed by atoms with E-state index in [0.717, 1.165) is 66.4 Å². The molecule has 156 valence electrons. The van der Waals surface area contributed by atoms with E-state index in [-0.39, 0.29) is 5.91 Å². The molecule has 6 nitrogen and oxygen atoms in total. The van der Waals surface area contributed by atoms with E-state index < -0.39 is 0 Å². The fourth-order valence-electron chi connectivity index (χ4n) is 4.05. The van der Waals surface area contributed by atoms with Crippen LogP contribution in [0.2, 0.25) is 0 Å². The van der Waals surface area contributed by atoms with Gasteiger partial charge in [-0.2, -0.15) is 0 Å². The van der Waals surface area contributed by atoms with E-state index in [1.807, 2.05) is 35.7 Å². The number of rotatable bonds is 4. The molecule has 1 aromatic heterocycles. The molecule has 3 aromatic rings. The van der Waals surface area contributed by atoms with Crippen molar-refractivity contribution in [1.29, 1.82) is 0 Å². The fourth-order valence-corrected chi connectivity index (χ4v) is 4.99. The minimum atomic E-state index is -0.0684. The molecule has 2 aliphatic rings. The van der Waals surface area contributed by atoms with Gasteiger partial charge in [0.15, 0.2) is 0 Å². The lowest BCUT2D eigenvalue weighted by atomic mass is 10.1. The quantitative estimate of drug-likeness (QED) is 0.691. The molecule has 0 aliphatic carbocycles. The van der Waals surface area contributed by atoms with Gasteiger partial charge in [-0.05, 0) is 24.3 Å². The van der Waals surface area contributed by atoms with Gasteiger partial charge in [0.1, 0.15) is 0 Å². The predicted molar refractivity (Wildman–Crippen MR) is 122 cm³/mol. The van der Waals surface area contributed by atoms with Crippen LogP contribution in [0.4, 0.5) is 17.1 Å². The molecule has 0 atom stereocenters. The second kappa shape index (κ2) is 8.63. The molecule has 2 aliphatic heterocycles. The molecule has 3 heterocycles. The summed E-state index contributed by atoms with van der Waals surface area (Å²) >= 11 is 1.60. The number of hydrogen-bond donors (Lipinski definition) is 1. The molecule has 0 radical (unpaired) electrons. The number of amides is 1. The van der Waals surface area contributed by atoms with E-state index in [9.17, 15) is 4.79 Å². The number of morpholine rings is 2. The first-order valence-electron chi connectivity index (χ1n) is 10.4. The molecule has 1 amide bonds. The van der Waals surface area contributed by atoms with Gasteiger partial charge in [-0.15, -0.1) is 11.3 Å². The van der Waals surface area contributed by atoms with Crippen molar-refractivity contribution in [2.24, 2.45) is 0 Å². The van der Waals surface area contributed by atoms with Gasteiger partial charge < -0.3 is 24.6 Å². The van der Waals surface area contributed by atoms with E-state index >= 15 is 0 Å². The number of carbonyl (C=O) groups excluding carboxylic acids is 1. The average Bonchev–Trinajstić information content (AvgIpc) is 3.25. The van der Waals surface area contributed by atoms with Gasteiger partial charge in [0, 0.05) is 47.3 Å². The maximum absolute atomic E-state index is 13.1. The zero-order chi connectivity index (χ0) is 20.3. The van der Waals surface area contributed by atoms with Crippen LogP contribution in [0.15, 0.2) is 47.8 Å². The van der Waals surface area contributed by atoms with E-state index in [0.29, 0.717) is 13.2 Å². The van der Waals surface area contributed by atoms with Crippen LogP contribution in [-0.4, -0.2) is 58.5 Å². The number of carbonyl (C=O) groups is 1. The Morgan fingerprint density at radius 2 is 1.60 bits per heavy atom. The van der Waals surface area contributed by atoms with Crippen LogP contribution in [0, 0.1) is 0 Å². The Hall–Kier alpha value is -2.61. The van der Waals surface area contributed by atoms with Crippen molar-refractivity contribution in [3.8, 4) is 0 Å². The molecule has 2 aromatic carbocycles. The predicted octanol–water partition coefficient (Wildman–Crippen LogP) is 3.83. The largest absolute Gasteiger partial charge is 0.378 e. The summed E-state index contributed by atoms with van der Waals surface area (Å²) in [6, 6.07) is 14.3. The van der Waals surface area contributed by atoms with Gasteiger partial charge in [0.2, 0.25) is 0 Å². The number of fused-ring (bicyclic) bond motifs is 1. The van der Waals surface area contributed by atoms with Crippen molar-refractivity contribution in [3.63, 3.8) is 0 Å². The van der Waals surface area contributed by atoms with Gasteiger partial charge in [-0.1, -0.05) is 18.2 Å². The van der Waals surface area contributed by atoms with Gasteiger partial charge in [-0.25, -0.2) is 0 Å². The van der Waals surface area contributed by atoms with Crippen LogP contribution in [0.5, 0.6) is 0 Å². The van der Waals surface area contributed by atoms with Crippen LogP contribution in [-0.2, 0) is 9.47 Å². The average molecular weight is 424 g/mol. The van der Waals surface area contributed by atoms with Crippen LogP contribution in [0.25, 0.3) is 10.1 Å². The molecular weight excluding hydrogens is 398 g/mol. The van der Waals surface area contributed by atoms with Crippen molar-refractivity contribution in [2.75, 3.05) is 67.7 Å². The van der Waals surface area contributed by atoms with Crippen LogP contribution < -0.4 is 15.1 Å². The molecule has 7 heteroatoms.